The van der Waals surface area contributed by atoms with Crippen LogP contribution in [0.15, 0.2) is 23.4 Å². The second kappa shape index (κ2) is 6.40. The van der Waals surface area contributed by atoms with Crippen molar-refractivity contribution in [3.63, 3.8) is 0 Å². The monoisotopic (exact) mass is 249 g/mol. The van der Waals surface area contributed by atoms with Crippen LogP contribution in [-0.2, 0) is 11.2 Å². The Morgan fingerprint density at radius 1 is 1.22 bits per heavy atom. The number of ether oxygens (including phenoxy) is 2. The molecule has 0 fully saturated rings. The highest BCUT2D eigenvalue weighted by atomic mass is 16.5. The summed E-state index contributed by atoms with van der Waals surface area (Å²) in [7, 11) is 1.71. The van der Waals surface area contributed by atoms with Gasteiger partial charge in [-0.3, -0.25) is 0 Å². The van der Waals surface area contributed by atoms with Crippen LogP contribution < -0.4 is 4.74 Å². The average Bonchev–Trinajstić information content (AvgIpc) is 2.80. The van der Waals surface area contributed by atoms with E-state index >= 15 is 0 Å². The van der Waals surface area contributed by atoms with Crippen molar-refractivity contribution in [2.45, 2.75) is 25.7 Å². The lowest BCUT2D eigenvalue weighted by Crippen LogP contribution is -2.00. The third kappa shape index (κ3) is 3.01. The molecule has 0 aliphatic heterocycles. The van der Waals surface area contributed by atoms with E-state index in [1.54, 1.807) is 7.11 Å². The highest BCUT2D eigenvalue weighted by Crippen LogP contribution is 2.26. The van der Waals surface area contributed by atoms with Crippen LogP contribution in [0.1, 0.15) is 30.4 Å². The SMILES string of the molecule is COCCCCOc1ccc2c(c1)CC/C2=N\O. The lowest BCUT2D eigenvalue weighted by atomic mass is 10.1. The van der Waals surface area contributed by atoms with Crippen molar-refractivity contribution in [2.24, 2.45) is 5.16 Å². The number of nitrogens with zero attached hydrogens (tertiary/aromatic N) is 1. The zero-order valence-corrected chi connectivity index (χ0v) is 10.7. The minimum Gasteiger partial charge on any atom is -0.494 e. The van der Waals surface area contributed by atoms with Gasteiger partial charge in [-0.05, 0) is 49.4 Å². The number of oxime groups is 1. The first-order chi connectivity index (χ1) is 8.85. The van der Waals surface area contributed by atoms with E-state index in [4.69, 9.17) is 14.7 Å². The number of hydrogen-bond acceptors (Lipinski definition) is 4. The second-order valence-electron chi connectivity index (χ2n) is 4.41. The molecule has 1 aromatic rings. The van der Waals surface area contributed by atoms with Gasteiger partial charge in [-0.25, -0.2) is 0 Å². The molecule has 1 aromatic carbocycles. The molecule has 4 nitrogen and oxygen atoms in total. The van der Waals surface area contributed by atoms with Gasteiger partial charge in [0.1, 0.15) is 5.75 Å². The van der Waals surface area contributed by atoms with Gasteiger partial charge >= 0.3 is 0 Å². The summed E-state index contributed by atoms with van der Waals surface area (Å²) >= 11 is 0. The minimum atomic E-state index is 0.711. The molecule has 0 radical (unpaired) electrons. The molecule has 0 unspecified atom stereocenters. The maximum atomic E-state index is 8.85. The largest absolute Gasteiger partial charge is 0.494 e. The van der Waals surface area contributed by atoms with Crippen LogP contribution in [0.2, 0.25) is 0 Å². The van der Waals surface area contributed by atoms with Gasteiger partial charge in [0, 0.05) is 19.3 Å². The van der Waals surface area contributed by atoms with Crippen LogP contribution in [0.4, 0.5) is 0 Å². The summed E-state index contributed by atoms with van der Waals surface area (Å²) in [5.41, 5.74) is 3.03. The molecule has 0 atom stereocenters. The Balaban J connectivity index is 1.88. The van der Waals surface area contributed by atoms with Crippen LogP contribution in [0, 0.1) is 0 Å². The summed E-state index contributed by atoms with van der Waals surface area (Å²) in [6, 6.07) is 5.96. The van der Waals surface area contributed by atoms with E-state index in [-0.39, 0.29) is 0 Å². The molecule has 0 aromatic heterocycles. The standard InChI is InChI=1S/C14H19NO3/c1-17-8-2-3-9-18-12-5-6-13-11(10-12)4-7-14(13)15-16/h5-6,10,16H,2-4,7-9H2,1H3/b15-14+. The molecule has 1 N–H and O–H groups in total. The van der Waals surface area contributed by atoms with Gasteiger partial charge in [0.2, 0.25) is 0 Å². The number of rotatable bonds is 6. The molecule has 0 saturated heterocycles. The second-order valence-corrected chi connectivity index (χ2v) is 4.41. The fourth-order valence-electron chi connectivity index (χ4n) is 2.18. The van der Waals surface area contributed by atoms with Gasteiger partial charge in [-0.1, -0.05) is 5.16 Å². The molecule has 4 heteroatoms. The van der Waals surface area contributed by atoms with E-state index in [0.29, 0.717) is 6.61 Å². The lowest BCUT2D eigenvalue weighted by Gasteiger charge is -2.07. The summed E-state index contributed by atoms with van der Waals surface area (Å²) in [4.78, 5) is 0. The van der Waals surface area contributed by atoms with Crippen LogP contribution in [-0.4, -0.2) is 31.2 Å². The first-order valence-corrected chi connectivity index (χ1v) is 6.31. The topological polar surface area (TPSA) is 51.0 Å². The number of fused-ring (bicyclic) bond motifs is 1. The van der Waals surface area contributed by atoms with Crippen molar-refractivity contribution in [1.82, 2.24) is 0 Å². The zero-order chi connectivity index (χ0) is 12.8. The molecule has 0 saturated carbocycles. The fraction of sp³-hybridized carbons (Fsp3) is 0.500. The Bertz CT molecular complexity index is 429. The molecule has 1 aliphatic rings. The van der Waals surface area contributed by atoms with Crippen molar-refractivity contribution in [2.75, 3.05) is 20.3 Å². The van der Waals surface area contributed by atoms with Gasteiger partial charge in [-0.15, -0.1) is 0 Å². The number of aryl methyl sites for hydroxylation is 1. The van der Waals surface area contributed by atoms with E-state index in [9.17, 15) is 0 Å². The highest BCUT2D eigenvalue weighted by Gasteiger charge is 2.18. The van der Waals surface area contributed by atoms with E-state index in [2.05, 4.69) is 5.16 Å². The molecule has 1 aliphatic carbocycles. The van der Waals surface area contributed by atoms with E-state index < -0.39 is 0 Å². The third-order valence-corrected chi connectivity index (χ3v) is 3.15. The summed E-state index contributed by atoms with van der Waals surface area (Å²) in [5, 5.41) is 12.2. The van der Waals surface area contributed by atoms with Crippen LogP contribution in [0.3, 0.4) is 0 Å². The predicted octanol–water partition coefficient (Wildman–Crippen LogP) is 2.62. The van der Waals surface area contributed by atoms with Crippen LogP contribution in [0.25, 0.3) is 0 Å². The number of benzene rings is 1. The number of unbranched alkanes of at least 4 members (excludes halogenated alkanes) is 1. The molecule has 98 valence electrons. The molecular formula is C14H19NO3. The summed E-state index contributed by atoms with van der Waals surface area (Å²) in [5.74, 6) is 0.894. The number of hydrogen-bond donors (Lipinski definition) is 1. The van der Waals surface area contributed by atoms with Gasteiger partial charge < -0.3 is 14.7 Å². The average molecular weight is 249 g/mol. The Hall–Kier alpha value is -1.55. The fourth-order valence-corrected chi connectivity index (χ4v) is 2.18. The van der Waals surface area contributed by atoms with Crippen molar-refractivity contribution in [1.29, 1.82) is 0 Å². The zero-order valence-electron chi connectivity index (χ0n) is 10.7. The van der Waals surface area contributed by atoms with Crippen LogP contribution in [0.5, 0.6) is 5.75 Å². The van der Waals surface area contributed by atoms with E-state index in [0.717, 1.165) is 49.3 Å². The summed E-state index contributed by atoms with van der Waals surface area (Å²) in [6.45, 7) is 1.49. The van der Waals surface area contributed by atoms with Crippen molar-refractivity contribution < 1.29 is 14.7 Å². The first kappa shape index (κ1) is 12.9. The molecule has 0 heterocycles. The molecule has 2 rings (SSSR count). The highest BCUT2D eigenvalue weighted by molar-refractivity contribution is 6.04. The Kier molecular flexibility index (Phi) is 4.59. The Morgan fingerprint density at radius 2 is 2.06 bits per heavy atom. The van der Waals surface area contributed by atoms with Crippen molar-refractivity contribution in [3.05, 3.63) is 29.3 Å². The minimum absolute atomic E-state index is 0.711. The maximum absolute atomic E-state index is 8.85. The normalized spacial score (nSPS) is 15.9. The quantitative estimate of drug-likeness (QED) is 0.479. The van der Waals surface area contributed by atoms with E-state index in [1.807, 2.05) is 18.2 Å². The third-order valence-electron chi connectivity index (χ3n) is 3.15. The molecular weight excluding hydrogens is 230 g/mol. The van der Waals surface area contributed by atoms with Gasteiger partial charge in [-0.2, -0.15) is 0 Å². The lowest BCUT2D eigenvalue weighted by molar-refractivity contribution is 0.184. The molecule has 0 amide bonds. The summed E-state index contributed by atoms with van der Waals surface area (Å²) < 4.78 is 10.7. The summed E-state index contributed by atoms with van der Waals surface area (Å²) in [6.07, 6.45) is 3.75. The van der Waals surface area contributed by atoms with Gasteiger partial charge in [0.15, 0.2) is 0 Å². The predicted molar refractivity (Wildman–Crippen MR) is 69.7 cm³/mol. The number of methoxy groups -OCH3 is 1. The smallest absolute Gasteiger partial charge is 0.119 e. The van der Waals surface area contributed by atoms with Gasteiger partial charge in [0.25, 0.3) is 0 Å². The van der Waals surface area contributed by atoms with Crippen molar-refractivity contribution >= 4 is 5.71 Å². The first-order valence-electron chi connectivity index (χ1n) is 6.31. The molecule has 0 bridgehead atoms. The van der Waals surface area contributed by atoms with E-state index in [1.165, 1.54) is 5.56 Å². The Labute approximate surface area is 107 Å². The van der Waals surface area contributed by atoms with Gasteiger partial charge in [0.05, 0.1) is 12.3 Å². The Morgan fingerprint density at radius 3 is 2.83 bits per heavy atom. The van der Waals surface area contributed by atoms with Crippen molar-refractivity contribution in [3.8, 4) is 5.75 Å². The molecule has 18 heavy (non-hydrogen) atoms. The molecule has 0 spiro atoms. The van der Waals surface area contributed by atoms with Crippen LogP contribution >= 0.6 is 0 Å². The maximum Gasteiger partial charge on any atom is 0.119 e.